The molecule has 110 valence electrons. The highest BCUT2D eigenvalue weighted by atomic mass is 32.1. The lowest BCUT2D eigenvalue weighted by molar-refractivity contribution is 0.100. The Bertz CT molecular complexity index is 664. The molecule has 1 saturated carbocycles. The molecule has 0 spiro atoms. The van der Waals surface area contributed by atoms with Gasteiger partial charge in [-0.25, -0.2) is 0 Å². The predicted molar refractivity (Wildman–Crippen MR) is 85.6 cm³/mol. The van der Waals surface area contributed by atoms with E-state index in [1.807, 2.05) is 25.4 Å². The Kier molecular flexibility index (Phi) is 3.55. The zero-order valence-electron chi connectivity index (χ0n) is 11.9. The second-order valence-electron chi connectivity index (χ2n) is 5.42. The highest BCUT2D eigenvalue weighted by Gasteiger charge is 2.33. The van der Waals surface area contributed by atoms with Gasteiger partial charge in [0.15, 0.2) is 0 Å². The van der Waals surface area contributed by atoms with Gasteiger partial charge in [-0.05, 0) is 30.4 Å². The molecule has 2 heterocycles. The Labute approximate surface area is 127 Å². The standard InChI is InChI=1S/C15H18N4OS/c1-19(8-9-3-2-6-18-7-9)15-11(10-4-5-10)12(16)13(21-15)14(17)20/h2-3,6-7,10H,4-5,8,16H2,1H3,(H2,17,20). The summed E-state index contributed by atoms with van der Waals surface area (Å²) in [6.45, 7) is 0.728. The van der Waals surface area contributed by atoms with Gasteiger partial charge >= 0.3 is 0 Å². The third-order valence-corrected chi connectivity index (χ3v) is 5.01. The van der Waals surface area contributed by atoms with E-state index in [9.17, 15) is 4.79 Å². The minimum atomic E-state index is -0.444. The molecule has 0 aromatic carbocycles. The van der Waals surface area contributed by atoms with Crippen LogP contribution in [0, 0.1) is 0 Å². The molecule has 6 heteroatoms. The highest BCUT2D eigenvalue weighted by molar-refractivity contribution is 7.18. The predicted octanol–water partition coefficient (Wildman–Crippen LogP) is 2.34. The van der Waals surface area contributed by atoms with Gasteiger partial charge in [-0.1, -0.05) is 6.07 Å². The third-order valence-electron chi connectivity index (χ3n) is 3.66. The van der Waals surface area contributed by atoms with Crippen molar-refractivity contribution in [3.63, 3.8) is 0 Å². The first-order chi connectivity index (χ1) is 10.1. The number of nitrogens with zero attached hydrogens (tertiary/aromatic N) is 2. The van der Waals surface area contributed by atoms with Crippen molar-refractivity contribution in [2.24, 2.45) is 5.73 Å². The molecule has 3 rings (SSSR count). The Hall–Kier alpha value is -2.08. The van der Waals surface area contributed by atoms with Gasteiger partial charge in [0, 0.05) is 31.5 Å². The molecule has 1 aliphatic carbocycles. The molecule has 0 saturated heterocycles. The average molecular weight is 302 g/mol. The summed E-state index contributed by atoms with van der Waals surface area (Å²) in [6.07, 6.45) is 5.87. The third kappa shape index (κ3) is 2.71. The molecule has 1 amide bonds. The van der Waals surface area contributed by atoms with Gasteiger partial charge in [0.05, 0.1) is 10.7 Å². The van der Waals surface area contributed by atoms with Gasteiger partial charge in [-0.15, -0.1) is 11.3 Å². The fourth-order valence-corrected chi connectivity index (χ4v) is 3.64. The molecule has 1 fully saturated rings. The van der Waals surface area contributed by atoms with Crippen LogP contribution in [0.1, 0.15) is 39.6 Å². The number of nitrogens with two attached hydrogens (primary N) is 2. The topological polar surface area (TPSA) is 85.2 Å². The molecular weight excluding hydrogens is 284 g/mol. The first-order valence-electron chi connectivity index (χ1n) is 6.90. The maximum atomic E-state index is 11.5. The van der Waals surface area contributed by atoms with Gasteiger partial charge in [0.25, 0.3) is 5.91 Å². The fourth-order valence-electron chi connectivity index (χ4n) is 2.51. The minimum Gasteiger partial charge on any atom is -0.397 e. The Morgan fingerprint density at radius 1 is 1.52 bits per heavy atom. The van der Waals surface area contributed by atoms with Crippen molar-refractivity contribution in [2.45, 2.75) is 25.3 Å². The summed E-state index contributed by atoms with van der Waals surface area (Å²) in [5.74, 6) is 0.0288. The number of anilines is 2. The number of nitrogen functional groups attached to an aromatic ring is 1. The van der Waals surface area contributed by atoms with E-state index in [2.05, 4.69) is 9.88 Å². The normalized spacial score (nSPS) is 14.1. The number of carbonyl (C=O) groups excluding carboxylic acids is 1. The molecule has 5 nitrogen and oxygen atoms in total. The van der Waals surface area contributed by atoms with Gasteiger partial charge in [-0.3, -0.25) is 9.78 Å². The van der Waals surface area contributed by atoms with Crippen molar-refractivity contribution in [1.82, 2.24) is 4.98 Å². The van der Waals surface area contributed by atoms with E-state index in [0.717, 1.165) is 35.5 Å². The van der Waals surface area contributed by atoms with Crippen molar-refractivity contribution in [2.75, 3.05) is 17.7 Å². The summed E-state index contributed by atoms with van der Waals surface area (Å²) < 4.78 is 0. The summed E-state index contributed by atoms with van der Waals surface area (Å²) in [4.78, 5) is 18.3. The van der Waals surface area contributed by atoms with E-state index in [-0.39, 0.29) is 0 Å². The Balaban J connectivity index is 1.93. The summed E-state index contributed by atoms with van der Waals surface area (Å²) in [6, 6.07) is 3.95. The summed E-state index contributed by atoms with van der Waals surface area (Å²) in [5.41, 5.74) is 14.4. The minimum absolute atomic E-state index is 0.444. The monoisotopic (exact) mass is 302 g/mol. The van der Waals surface area contributed by atoms with Crippen LogP contribution in [0.5, 0.6) is 0 Å². The maximum absolute atomic E-state index is 11.5. The van der Waals surface area contributed by atoms with Crippen LogP contribution in [0.15, 0.2) is 24.5 Å². The number of primary amides is 1. The molecular formula is C15H18N4OS. The molecule has 0 atom stereocenters. The van der Waals surface area contributed by atoms with Crippen LogP contribution in [0.3, 0.4) is 0 Å². The fraction of sp³-hybridized carbons (Fsp3) is 0.333. The van der Waals surface area contributed by atoms with Crippen LogP contribution < -0.4 is 16.4 Å². The van der Waals surface area contributed by atoms with Crippen molar-refractivity contribution < 1.29 is 4.79 Å². The lowest BCUT2D eigenvalue weighted by Crippen LogP contribution is -2.16. The number of thiophene rings is 1. The second-order valence-corrected chi connectivity index (χ2v) is 6.42. The number of hydrogen-bond acceptors (Lipinski definition) is 5. The molecule has 2 aromatic heterocycles. The average Bonchev–Trinajstić information content (AvgIpc) is 3.22. The molecule has 4 N–H and O–H groups in total. The second kappa shape index (κ2) is 5.37. The van der Waals surface area contributed by atoms with Crippen LogP contribution in [-0.4, -0.2) is 17.9 Å². The lowest BCUT2D eigenvalue weighted by atomic mass is 10.1. The van der Waals surface area contributed by atoms with E-state index in [1.165, 1.54) is 11.3 Å². The van der Waals surface area contributed by atoms with Gasteiger partial charge < -0.3 is 16.4 Å². The molecule has 21 heavy (non-hydrogen) atoms. The Morgan fingerprint density at radius 2 is 2.29 bits per heavy atom. The van der Waals surface area contributed by atoms with Crippen molar-refractivity contribution in [1.29, 1.82) is 0 Å². The van der Waals surface area contributed by atoms with E-state index < -0.39 is 5.91 Å². The number of amides is 1. The smallest absolute Gasteiger partial charge is 0.260 e. The quantitative estimate of drug-likeness (QED) is 0.887. The number of pyridine rings is 1. The maximum Gasteiger partial charge on any atom is 0.260 e. The largest absolute Gasteiger partial charge is 0.397 e. The lowest BCUT2D eigenvalue weighted by Gasteiger charge is -2.19. The van der Waals surface area contributed by atoms with Gasteiger partial charge in [0.2, 0.25) is 0 Å². The van der Waals surface area contributed by atoms with Crippen molar-refractivity contribution in [3.05, 3.63) is 40.5 Å². The van der Waals surface area contributed by atoms with Gasteiger partial charge in [-0.2, -0.15) is 0 Å². The van der Waals surface area contributed by atoms with Crippen LogP contribution >= 0.6 is 11.3 Å². The summed E-state index contributed by atoms with van der Waals surface area (Å²) in [7, 11) is 2.01. The van der Waals surface area contributed by atoms with E-state index in [1.54, 1.807) is 6.20 Å². The molecule has 0 radical (unpaired) electrons. The molecule has 0 unspecified atom stereocenters. The molecule has 2 aromatic rings. The highest BCUT2D eigenvalue weighted by Crippen LogP contribution is 2.51. The number of hydrogen-bond donors (Lipinski definition) is 2. The van der Waals surface area contributed by atoms with E-state index in [4.69, 9.17) is 11.5 Å². The SMILES string of the molecule is CN(Cc1cccnc1)c1sc(C(N)=O)c(N)c1C1CC1. The Morgan fingerprint density at radius 3 is 2.86 bits per heavy atom. The molecule has 0 aliphatic heterocycles. The number of carbonyl (C=O) groups is 1. The summed E-state index contributed by atoms with van der Waals surface area (Å²) in [5, 5.41) is 1.05. The van der Waals surface area contributed by atoms with Crippen LogP contribution in [-0.2, 0) is 6.54 Å². The van der Waals surface area contributed by atoms with Gasteiger partial charge in [0.1, 0.15) is 4.88 Å². The zero-order valence-corrected chi connectivity index (χ0v) is 12.7. The van der Waals surface area contributed by atoms with Crippen LogP contribution in [0.4, 0.5) is 10.7 Å². The molecule has 1 aliphatic rings. The van der Waals surface area contributed by atoms with Crippen molar-refractivity contribution in [3.8, 4) is 0 Å². The zero-order chi connectivity index (χ0) is 15.0. The first kappa shape index (κ1) is 13.9. The van der Waals surface area contributed by atoms with Crippen LogP contribution in [0.25, 0.3) is 0 Å². The number of aromatic nitrogens is 1. The van der Waals surface area contributed by atoms with E-state index >= 15 is 0 Å². The van der Waals surface area contributed by atoms with E-state index in [0.29, 0.717) is 16.5 Å². The number of rotatable bonds is 5. The summed E-state index contributed by atoms with van der Waals surface area (Å²) >= 11 is 1.40. The van der Waals surface area contributed by atoms with Crippen molar-refractivity contribution >= 4 is 27.9 Å². The first-order valence-corrected chi connectivity index (χ1v) is 7.71. The molecule has 0 bridgehead atoms. The van der Waals surface area contributed by atoms with Crippen LogP contribution in [0.2, 0.25) is 0 Å².